The highest BCUT2D eigenvalue weighted by molar-refractivity contribution is 6.32. The van der Waals surface area contributed by atoms with Crippen LogP contribution in [-0.2, 0) is 6.54 Å². The van der Waals surface area contributed by atoms with Crippen LogP contribution in [0.1, 0.15) is 24.4 Å². The van der Waals surface area contributed by atoms with Gasteiger partial charge in [0.25, 0.3) is 0 Å². The number of nitrogens with zero attached hydrogens (tertiary/aromatic N) is 2. The Morgan fingerprint density at radius 2 is 2.26 bits per heavy atom. The van der Waals surface area contributed by atoms with E-state index in [1.807, 2.05) is 42.8 Å². The van der Waals surface area contributed by atoms with E-state index in [1.54, 1.807) is 6.20 Å². The third-order valence-electron chi connectivity index (χ3n) is 3.00. The molecule has 0 spiro atoms. The molecule has 0 amide bonds. The minimum absolute atomic E-state index is 0.0276. The van der Waals surface area contributed by atoms with Crippen molar-refractivity contribution in [1.29, 1.82) is 0 Å². The van der Waals surface area contributed by atoms with Crippen molar-refractivity contribution in [2.24, 2.45) is 5.73 Å². The topological polar surface area (TPSA) is 53.1 Å². The Morgan fingerprint density at radius 1 is 1.47 bits per heavy atom. The molecule has 0 aliphatic heterocycles. The highest BCUT2D eigenvalue weighted by Gasteiger charge is 2.06. The lowest BCUT2D eigenvalue weighted by Crippen LogP contribution is -2.09. The summed E-state index contributed by atoms with van der Waals surface area (Å²) in [5.41, 5.74) is 6.81. The van der Waals surface area contributed by atoms with Gasteiger partial charge in [0, 0.05) is 18.4 Å². The maximum absolute atomic E-state index is 6.17. The van der Waals surface area contributed by atoms with Gasteiger partial charge in [-0.05, 0) is 31.5 Å². The third-order valence-corrected chi connectivity index (χ3v) is 3.29. The lowest BCUT2D eigenvalue weighted by Gasteiger charge is -2.12. The predicted molar refractivity (Wildman–Crippen MR) is 76.5 cm³/mol. The molecule has 0 aliphatic carbocycles. The number of imidazole rings is 1. The van der Waals surface area contributed by atoms with Crippen molar-refractivity contribution in [2.45, 2.75) is 26.4 Å². The van der Waals surface area contributed by atoms with Crippen LogP contribution >= 0.6 is 11.6 Å². The number of aromatic nitrogens is 2. The molecular weight excluding hydrogens is 262 g/mol. The van der Waals surface area contributed by atoms with Crippen LogP contribution in [-0.4, -0.2) is 16.2 Å². The molecule has 0 aliphatic rings. The minimum Gasteiger partial charge on any atom is -0.490 e. The second-order valence-electron chi connectivity index (χ2n) is 4.49. The summed E-state index contributed by atoms with van der Waals surface area (Å²) < 4.78 is 7.71. The number of benzene rings is 1. The highest BCUT2D eigenvalue weighted by Crippen LogP contribution is 2.27. The minimum atomic E-state index is -0.0276. The number of ether oxygens (including phenoxy) is 1. The van der Waals surface area contributed by atoms with Crippen LogP contribution < -0.4 is 10.5 Å². The van der Waals surface area contributed by atoms with Crippen LogP contribution in [0.5, 0.6) is 5.75 Å². The average Bonchev–Trinajstić information content (AvgIpc) is 2.77. The predicted octanol–water partition coefficient (Wildman–Crippen LogP) is 2.94. The zero-order valence-electron chi connectivity index (χ0n) is 11.1. The standard InChI is InChI=1S/C14H18ClN3O/c1-10(16)12-3-4-14(13(15)9-12)19-8-7-18-6-5-17-11(18)2/h3-6,9-10H,7-8,16H2,1-2H3/t10-/m1/s1. The van der Waals surface area contributed by atoms with Crippen molar-refractivity contribution in [2.75, 3.05) is 6.61 Å². The Bertz CT molecular complexity index is 551. The fraction of sp³-hybridized carbons (Fsp3) is 0.357. The van der Waals surface area contributed by atoms with Gasteiger partial charge in [-0.2, -0.15) is 0 Å². The van der Waals surface area contributed by atoms with Crippen molar-refractivity contribution >= 4 is 11.6 Å². The van der Waals surface area contributed by atoms with Crippen molar-refractivity contribution in [3.63, 3.8) is 0 Å². The fourth-order valence-electron chi connectivity index (χ4n) is 1.81. The first-order valence-corrected chi connectivity index (χ1v) is 6.61. The first-order valence-electron chi connectivity index (χ1n) is 6.23. The number of rotatable bonds is 5. The van der Waals surface area contributed by atoms with Crippen molar-refractivity contribution in [3.8, 4) is 5.75 Å². The highest BCUT2D eigenvalue weighted by atomic mass is 35.5. The molecule has 1 aromatic carbocycles. The van der Waals surface area contributed by atoms with E-state index in [4.69, 9.17) is 22.1 Å². The molecule has 1 aromatic heterocycles. The molecule has 2 N–H and O–H groups in total. The molecule has 5 heteroatoms. The number of hydrogen-bond acceptors (Lipinski definition) is 3. The molecular formula is C14H18ClN3O. The molecule has 1 atom stereocenters. The van der Waals surface area contributed by atoms with E-state index >= 15 is 0 Å². The Labute approximate surface area is 118 Å². The number of nitrogens with two attached hydrogens (primary N) is 1. The van der Waals surface area contributed by atoms with Crippen molar-refractivity contribution in [1.82, 2.24) is 9.55 Å². The Balaban J connectivity index is 1.95. The molecule has 0 unspecified atom stereocenters. The lowest BCUT2D eigenvalue weighted by atomic mass is 10.1. The van der Waals surface area contributed by atoms with Gasteiger partial charge >= 0.3 is 0 Å². The monoisotopic (exact) mass is 279 g/mol. The van der Waals surface area contributed by atoms with Crippen LogP contribution in [0.2, 0.25) is 5.02 Å². The fourth-order valence-corrected chi connectivity index (χ4v) is 2.05. The van der Waals surface area contributed by atoms with Gasteiger partial charge in [-0.1, -0.05) is 17.7 Å². The maximum Gasteiger partial charge on any atom is 0.137 e. The molecule has 19 heavy (non-hydrogen) atoms. The first kappa shape index (κ1) is 13.9. The average molecular weight is 280 g/mol. The zero-order chi connectivity index (χ0) is 13.8. The van der Waals surface area contributed by atoms with Crippen LogP contribution in [0.15, 0.2) is 30.6 Å². The van der Waals surface area contributed by atoms with Crippen molar-refractivity contribution < 1.29 is 4.74 Å². The van der Waals surface area contributed by atoms with E-state index in [1.165, 1.54) is 0 Å². The SMILES string of the molecule is Cc1nccn1CCOc1ccc([C@@H](C)N)cc1Cl. The summed E-state index contributed by atoms with van der Waals surface area (Å²) in [4.78, 5) is 4.16. The van der Waals surface area contributed by atoms with Gasteiger partial charge in [0.2, 0.25) is 0 Å². The smallest absolute Gasteiger partial charge is 0.137 e. The molecule has 4 nitrogen and oxygen atoms in total. The quantitative estimate of drug-likeness (QED) is 0.915. The number of halogens is 1. The van der Waals surface area contributed by atoms with Gasteiger partial charge in [0.05, 0.1) is 11.6 Å². The van der Waals surface area contributed by atoms with Crippen LogP contribution in [0.25, 0.3) is 0 Å². The molecule has 0 bridgehead atoms. The molecule has 102 valence electrons. The van der Waals surface area contributed by atoms with Crippen molar-refractivity contribution in [3.05, 3.63) is 47.0 Å². The molecule has 0 radical (unpaired) electrons. The Hall–Kier alpha value is -1.52. The summed E-state index contributed by atoms with van der Waals surface area (Å²) in [7, 11) is 0. The van der Waals surface area contributed by atoms with Gasteiger partial charge in [0.1, 0.15) is 18.2 Å². The molecule has 0 saturated heterocycles. The van der Waals surface area contributed by atoms with Gasteiger partial charge in [-0.3, -0.25) is 0 Å². The first-order chi connectivity index (χ1) is 9.08. The Kier molecular flexibility index (Phi) is 4.45. The van der Waals surface area contributed by atoms with Gasteiger partial charge in [-0.15, -0.1) is 0 Å². The van der Waals surface area contributed by atoms with E-state index in [9.17, 15) is 0 Å². The normalized spacial score (nSPS) is 12.4. The zero-order valence-corrected chi connectivity index (χ0v) is 11.9. The summed E-state index contributed by atoms with van der Waals surface area (Å²) in [6.07, 6.45) is 3.71. The van der Waals surface area contributed by atoms with E-state index < -0.39 is 0 Å². The van der Waals surface area contributed by atoms with Crippen LogP contribution in [0, 0.1) is 6.92 Å². The van der Waals surface area contributed by atoms with Gasteiger partial charge in [-0.25, -0.2) is 4.98 Å². The lowest BCUT2D eigenvalue weighted by molar-refractivity contribution is 0.297. The summed E-state index contributed by atoms with van der Waals surface area (Å²) in [5.74, 6) is 1.66. The van der Waals surface area contributed by atoms with E-state index in [-0.39, 0.29) is 6.04 Å². The van der Waals surface area contributed by atoms with E-state index in [2.05, 4.69) is 4.98 Å². The van der Waals surface area contributed by atoms with E-state index in [0.29, 0.717) is 17.4 Å². The maximum atomic E-state index is 6.17. The molecule has 0 saturated carbocycles. The second-order valence-corrected chi connectivity index (χ2v) is 4.90. The molecule has 2 rings (SSSR count). The molecule has 0 fully saturated rings. The summed E-state index contributed by atoms with van der Waals surface area (Å²) in [6, 6.07) is 5.63. The number of aryl methyl sites for hydroxylation is 1. The second kappa shape index (κ2) is 6.08. The van der Waals surface area contributed by atoms with Gasteiger partial charge in [0.15, 0.2) is 0 Å². The summed E-state index contributed by atoms with van der Waals surface area (Å²) in [6.45, 7) is 5.18. The number of hydrogen-bond donors (Lipinski definition) is 1. The van der Waals surface area contributed by atoms with Gasteiger partial charge < -0.3 is 15.0 Å². The molecule has 2 aromatic rings. The largest absolute Gasteiger partial charge is 0.490 e. The third kappa shape index (κ3) is 3.49. The van der Waals surface area contributed by atoms with E-state index in [0.717, 1.165) is 17.9 Å². The summed E-state index contributed by atoms with van der Waals surface area (Å²) >= 11 is 6.17. The van der Waals surface area contributed by atoms with Crippen LogP contribution in [0.3, 0.4) is 0 Å². The molecule has 1 heterocycles. The Morgan fingerprint density at radius 3 is 2.84 bits per heavy atom. The summed E-state index contributed by atoms with van der Waals surface area (Å²) in [5, 5.41) is 0.595. The van der Waals surface area contributed by atoms with Crippen LogP contribution in [0.4, 0.5) is 0 Å².